The molecule has 0 atom stereocenters. The second kappa shape index (κ2) is 7.13. The van der Waals surface area contributed by atoms with E-state index in [0.717, 1.165) is 6.07 Å². The number of aromatic amines is 1. The van der Waals surface area contributed by atoms with Gasteiger partial charge in [-0.25, -0.2) is 0 Å². The molecule has 126 valence electrons. The predicted octanol–water partition coefficient (Wildman–Crippen LogP) is 1.83. The normalized spacial score (nSPS) is 10.1. The van der Waals surface area contributed by atoms with E-state index in [-0.39, 0.29) is 16.9 Å². The smallest absolute Gasteiger partial charge is 0.293 e. The number of aromatic nitrogens is 1. The van der Waals surface area contributed by atoms with Crippen molar-refractivity contribution in [3.63, 3.8) is 0 Å². The number of rotatable bonds is 4. The van der Waals surface area contributed by atoms with E-state index < -0.39 is 16.7 Å². The zero-order valence-electron chi connectivity index (χ0n) is 12.8. The summed E-state index contributed by atoms with van der Waals surface area (Å²) in [6.07, 6.45) is 1.57. The number of hydrazine groups is 1. The first-order valence-electron chi connectivity index (χ1n) is 6.70. The molecule has 0 unspecified atom stereocenters. The Kier molecular flexibility index (Phi) is 5.19. The number of anilines is 1. The van der Waals surface area contributed by atoms with Crippen LogP contribution in [0.15, 0.2) is 34.9 Å². The SMILES string of the molecule is CN(C)c1ccc(C(=O)NNC(=O)c2cc(Br)c[nH]2)cc1[N+](=O)[O-]. The number of halogens is 1. The molecule has 2 rings (SSSR count). The van der Waals surface area contributed by atoms with Gasteiger partial charge in [0.05, 0.1) is 4.92 Å². The number of benzene rings is 1. The van der Waals surface area contributed by atoms with Gasteiger partial charge in [-0.2, -0.15) is 0 Å². The van der Waals surface area contributed by atoms with Crippen molar-refractivity contribution in [3.05, 3.63) is 56.3 Å². The quantitative estimate of drug-likeness (QED) is 0.538. The summed E-state index contributed by atoms with van der Waals surface area (Å²) in [4.78, 5) is 38.7. The van der Waals surface area contributed by atoms with Crippen LogP contribution in [0.3, 0.4) is 0 Å². The van der Waals surface area contributed by atoms with Crippen LogP contribution in [0.2, 0.25) is 0 Å². The van der Waals surface area contributed by atoms with Crippen LogP contribution in [0, 0.1) is 10.1 Å². The van der Waals surface area contributed by atoms with Crippen LogP contribution in [0.5, 0.6) is 0 Å². The molecule has 1 aromatic carbocycles. The molecule has 10 heteroatoms. The topological polar surface area (TPSA) is 120 Å². The Labute approximate surface area is 145 Å². The number of amides is 2. The molecule has 0 aliphatic rings. The molecule has 0 fully saturated rings. The zero-order chi connectivity index (χ0) is 17.9. The van der Waals surface area contributed by atoms with E-state index in [1.807, 2.05) is 0 Å². The molecule has 0 radical (unpaired) electrons. The number of nitrogens with one attached hydrogen (secondary N) is 3. The van der Waals surface area contributed by atoms with Gasteiger partial charge in [-0.05, 0) is 34.1 Å². The van der Waals surface area contributed by atoms with Crippen LogP contribution in [0.4, 0.5) is 11.4 Å². The Morgan fingerprint density at radius 3 is 2.42 bits per heavy atom. The fourth-order valence-electron chi connectivity index (χ4n) is 1.94. The van der Waals surface area contributed by atoms with E-state index in [0.29, 0.717) is 10.2 Å². The van der Waals surface area contributed by atoms with Gasteiger partial charge in [-0.15, -0.1) is 0 Å². The van der Waals surface area contributed by atoms with Crippen molar-refractivity contribution >= 4 is 39.1 Å². The third-order valence-electron chi connectivity index (χ3n) is 3.10. The van der Waals surface area contributed by atoms with Crippen LogP contribution in [-0.4, -0.2) is 35.8 Å². The lowest BCUT2D eigenvalue weighted by Gasteiger charge is -2.13. The number of hydrogen-bond donors (Lipinski definition) is 3. The molecule has 1 aromatic heterocycles. The lowest BCUT2D eigenvalue weighted by atomic mass is 10.1. The molecule has 2 amide bonds. The molecule has 0 saturated carbocycles. The van der Waals surface area contributed by atoms with E-state index in [1.165, 1.54) is 18.2 Å². The average molecular weight is 396 g/mol. The van der Waals surface area contributed by atoms with Crippen molar-refractivity contribution in [3.8, 4) is 0 Å². The van der Waals surface area contributed by atoms with Crippen molar-refractivity contribution in [1.29, 1.82) is 0 Å². The van der Waals surface area contributed by atoms with Crippen LogP contribution in [0.1, 0.15) is 20.8 Å². The number of H-pyrrole nitrogens is 1. The predicted molar refractivity (Wildman–Crippen MR) is 90.8 cm³/mol. The molecule has 1 heterocycles. The largest absolute Gasteiger partial charge is 0.372 e. The average Bonchev–Trinajstić information content (AvgIpc) is 2.98. The molecule has 24 heavy (non-hydrogen) atoms. The van der Waals surface area contributed by atoms with E-state index in [2.05, 4.69) is 31.8 Å². The molecule has 0 bridgehead atoms. The summed E-state index contributed by atoms with van der Waals surface area (Å²) < 4.78 is 0.689. The maximum Gasteiger partial charge on any atom is 0.293 e. The summed E-state index contributed by atoms with van der Waals surface area (Å²) in [7, 11) is 3.33. The third-order valence-corrected chi connectivity index (χ3v) is 3.56. The first kappa shape index (κ1) is 17.5. The molecule has 2 aromatic rings. The summed E-state index contributed by atoms with van der Waals surface area (Å²) >= 11 is 3.19. The number of carbonyl (C=O) groups is 2. The van der Waals surface area contributed by atoms with Gasteiger partial charge in [-0.3, -0.25) is 30.6 Å². The Balaban J connectivity index is 2.11. The summed E-state index contributed by atoms with van der Waals surface area (Å²) in [5.74, 6) is -1.21. The first-order chi connectivity index (χ1) is 11.3. The van der Waals surface area contributed by atoms with Gasteiger partial charge >= 0.3 is 0 Å². The standard InChI is InChI=1S/C14H14BrN5O4/c1-19(2)11-4-3-8(5-12(11)20(23)24)13(21)17-18-14(22)10-6-9(15)7-16-10/h3-7,16H,1-2H3,(H,17,21)(H,18,22). The lowest BCUT2D eigenvalue weighted by molar-refractivity contribution is -0.384. The van der Waals surface area contributed by atoms with Crippen LogP contribution < -0.4 is 15.8 Å². The minimum Gasteiger partial charge on any atom is -0.372 e. The molecular formula is C14H14BrN5O4. The molecule has 0 saturated heterocycles. The molecular weight excluding hydrogens is 382 g/mol. The molecule has 9 nitrogen and oxygen atoms in total. The molecule has 0 aliphatic heterocycles. The fraction of sp³-hybridized carbons (Fsp3) is 0.143. The monoisotopic (exact) mass is 395 g/mol. The van der Waals surface area contributed by atoms with Gasteiger partial charge in [-0.1, -0.05) is 0 Å². The minimum atomic E-state index is -0.664. The Morgan fingerprint density at radius 2 is 1.88 bits per heavy atom. The number of nitro groups is 1. The highest BCUT2D eigenvalue weighted by molar-refractivity contribution is 9.10. The van der Waals surface area contributed by atoms with Gasteiger partial charge < -0.3 is 9.88 Å². The van der Waals surface area contributed by atoms with Crippen molar-refractivity contribution in [1.82, 2.24) is 15.8 Å². The van der Waals surface area contributed by atoms with Crippen molar-refractivity contribution in [2.75, 3.05) is 19.0 Å². The van der Waals surface area contributed by atoms with E-state index in [4.69, 9.17) is 0 Å². The van der Waals surface area contributed by atoms with Crippen LogP contribution in [0.25, 0.3) is 0 Å². The number of hydrogen-bond acceptors (Lipinski definition) is 5. The van der Waals surface area contributed by atoms with Gasteiger partial charge in [0.2, 0.25) is 0 Å². The summed E-state index contributed by atoms with van der Waals surface area (Å²) in [6, 6.07) is 5.60. The van der Waals surface area contributed by atoms with Gasteiger partial charge in [0.25, 0.3) is 17.5 Å². The fourth-order valence-corrected chi connectivity index (χ4v) is 2.28. The van der Waals surface area contributed by atoms with Gasteiger partial charge in [0.1, 0.15) is 11.4 Å². The van der Waals surface area contributed by atoms with Crippen molar-refractivity contribution < 1.29 is 14.5 Å². The van der Waals surface area contributed by atoms with Gasteiger partial charge in [0.15, 0.2) is 0 Å². The van der Waals surface area contributed by atoms with Crippen LogP contribution >= 0.6 is 15.9 Å². The summed E-state index contributed by atoms with van der Waals surface area (Å²) in [5.41, 5.74) is 4.91. The maximum atomic E-state index is 12.1. The second-order valence-electron chi connectivity index (χ2n) is 4.99. The highest BCUT2D eigenvalue weighted by Crippen LogP contribution is 2.27. The third kappa shape index (κ3) is 3.90. The van der Waals surface area contributed by atoms with Crippen molar-refractivity contribution in [2.24, 2.45) is 0 Å². The minimum absolute atomic E-state index is 0.0558. The Bertz CT molecular complexity index is 802. The summed E-state index contributed by atoms with van der Waals surface area (Å²) in [6.45, 7) is 0. The van der Waals surface area contributed by atoms with Crippen molar-refractivity contribution in [2.45, 2.75) is 0 Å². The van der Waals surface area contributed by atoms with E-state index >= 15 is 0 Å². The maximum absolute atomic E-state index is 12.1. The van der Waals surface area contributed by atoms with Gasteiger partial charge in [0, 0.05) is 36.4 Å². The summed E-state index contributed by atoms with van der Waals surface area (Å²) in [5, 5.41) is 11.1. The number of nitro benzene ring substituents is 1. The molecule has 0 spiro atoms. The molecule has 0 aliphatic carbocycles. The number of carbonyl (C=O) groups excluding carboxylic acids is 2. The van der Waals surface area contributed by atoms with E-state index in [1.54, 1.807) is 25.2 Å². The van der Waals surface area contributed by atoms with E-state index in [9.17, 15) is 19.7 Å². The molecule has 3 N–H and O–H groups in total. The Hall–Kier alpha value is -2.88. The lowest BCUT2D eigenvalue weighted by Crippen LogP contribution is -2.41. The second-order valence-corrected chi connectivity index (χ2v) is 5.91. The Morgan fingerprint density at radius 1 is 1.21 bits per heavy atom. The first-order valence-corrected chi connectivity index (χ1v) is 7.49. The number of nitrogens with zero attached hydrogens (tertiary/aromatic N) is 2. The highest BCUT2D eigenvalue weighted by atomic mass is 79.9. The highest BCUT2D eigenvalue weighted by Gasteiger charge is 2.19. The van der Waals surface area contributed by atoms with Crippen LogP contribution in [-0.2, 0) is 0 Å². The zero-order valence-corrected chi connectivity index (χ0v) is 14.4.